The number of alkyl carbamates (subject to hydrolysis) is 1. The van der Waals surface area contributed by atoms with E-state index < -0.39 is 47.6 Å². The van der Waals surface area contributed by atoms with Gasteiger partial charge in [0.2, 0.25) is 17.7 Å². The average Bonchev–Trinajstić information content (AvgIpc) is 2.64. The predicted molar refractivity (Wildman–Crippen MR) is 138 cm³/mol. The van der Waals surface area contributed by atoms with Crippen molar-refractivity contribution >= 4 is 23.8 Å². The van der Waals surface area contributed by atoms with Crippen LogP contribution in [0.2, 0.25) is 0 Å². The van der Waals surface area contributed by atoms with E-state index in [1.807, 2.05) is 52.8 Å². The summed E-state index contributed by atoms with van der Waals surface area (Å²) in [5, 5.41) is 5.52. The molecule has 1 saturated carbocycles. The smallest absolute Gasteiger partial charge is 0.408 e. The molecule has 0 spiro atoms. The van der Waals surface area contributed by atoms with Crippen LogP contribution in [0, 0.1) is 13.8 Å². The van der Waals surface area contributed by atoms with Gasteiger partial charge < -0.3 is 26.0 Å². The molecule has 0 radical (unpaired) electrons. The number of hydrogen-bond acceptors (Lipinski definition) is 5. The van der Waals surface area contributed by atoms with Crippen LogP contribution in [-0.4, -0.2) is 51.9 Å². The molecule has 0 bridgehead atoms. The summed E-state index contributed by atoms with van der Waals surface area (Å²) in [6, 6.07) is 3.24. The molecular formula is C27H42N4O5. The Kier molecular flexibility index (Phi) is 9.15. The minimum atomic E-state index is -1.27. The molecular weight excluding hydrogens is 460 g/mol. The summed E-state index contributed by atoms with van der Waals surface area (Å²) in [5.41, 5.74) is 6.82. The molecule has 0 saturated heterocycles. The van der Waals surface area contributed by atoms with Crippen LogP contribution < -0.4 is 16.4 Å². The number of amides is 4. The number of benzene rings is 1. The number of ether oxygens (including phenoxy) is 1. The van der Waals surface area contributed by atoms with Crippen molar-refractivity contribution < 1.29 is 23.9 Å². The highest BCUT2D eigenvalue weighted by Crippen LogP contribution is 2.35. The zero-order valence-corrected chi connectivity index (χ0v) is 22.9. The van der Waals surface area contributed by atoms with Crippen LogP contribution in [0.5, 0.6) is 0 Å². The zero-order valence-electron chi connectivity index (χ0n) is 22.9. The van der Waals surface area contributed by atoms with Crippen LogP contribution >= 0.6 is 0 Å². The third-order valence-corrected chi connectivity index (χ3v) is 5.99. The number of rotatable bonds is 8. The first-order valence-corrected chi connectivity index (χ1v) is 12.5. The van der Waals surface area contributed by atoms with Gasteiger partial charge in [0.25, 0.3) is 0 Å². The molecule has 1 aromatic rings. The van der Waals surface area contributed by atoms with E-state index in [4.69, 9.17) is 10.5 Å². The van der Waals surface area contributed by atoms with Gasteiger partial charge in [0.1, 0.15) is 17.7 Å². The molecule has 2 rings (SSSR count). The molecule has 1 aliphatic carbocycles. The third-order valence-electron chi connectivity index (χ3n) is 5.99. The molecule has 2 atom stereocenters. The van der Waals surface area contributed by atoms with Crippen LogP contribution in [-0.2, 0) is 19.1 Å². The van der Waals surface area contributed by atoms with Crippen molar-refractivity contribution in [1.29, 1.82) is 0 Å². The molecule has 9 nitrogen and oxygen atoms in total. The van der Waals surface area contributed by atoms with Crippen LogP contribution in [0.15, 0.2) is 18.2 Å². The zero-order chi connectivity index (χ0) is 27.4. The lowest BCUT2D eigenvalue weighted by Gasteiger charge is -2.44. The number of carbonyl (C=O) groups is 4. The van der Waals surface area contributed by atoms with Crippen LogP contribution in [0.4, 0.5) is 4.79 Å². The van der Waals surface area contributed by atoms with Crippen molar-refractivity contribution in [3.05, 3.63) is 34.9 Å². The Bertz CT molecular complexity index is 989. The third kappa shape index (κ3) is 8.24. The fourth-order valence-corrected chi connectivity index (χ4v) is 4.02. The topological polar surface area (TPSA) is 131 Å². The summed E-state index contributed by atoms with van der Waals surface area (Å²) in [4.78, 5) is 53.7. The molecule has 4 N–H and O–H groups in total. The first kappa shape index (κ1) is 29.1. The van der Waals surface area contributed by atoms with Gasteiger partial charge in [-0.3, -0.25) is 14.4 Å². The summed E-state index contributed by atoms with van der Waals surface area (Å²) in [7, 11) is 0. The van der Waals surface area contributed by atoms with E-state index in [9.17, 15) is 19.2 Å². The first-order chi connectivity index (χ1) is 16.5. The number of carbonyl (C=O) groups excluding carboxylic acids is 4. The monoisotopic (exact) mass is 502 g/mol. The van der Waals surface area contributed by atoms with Gasteiger partial charge in [-0.05, 0) is 91.3 Å². The lowest BCUT2D eigenvalue weighted by Crippen LogP contribution is -2.59. The van der Waals surface area contributed by atoms with Gasteiger partial charge in [0.05, 0.1) is 6.42 Å². The van der Waals surface area contributed by atoms with Crippen LogP contribution in [0.25, 0.3) is 0 Å². The van der Waals surface area contributed by atoms with E-state index in [-0.39, 0.29) is 11.9 Å². The lowest BCUT2D eigenvalue weighted by atomic mass is 9.87. The van der Waals surface area contributed by atoms with E-state index >= 15 is 0 Å². The molecule has 4 amide bonds. The minimum absolute atomic E-state index is 0.217. The largest absolute Gasteiger partial charge is 0.444 e. The van der Waals surface area contributed by atoms with Crippen molar-refractivity contribution in [2.75, 3.05) is 0 Å². The number of hydrogen-bond donors (Lipinski definition) is 3. The number of nitrogens with zero attached hydrogens (tertiary/aromatic N) is 1. The van der Waals surface area contributed by atoms with E-state index in [1.165, 1.54) is 4.90 Å². The Labute approximate surface area is 214 Å². The van der Waals surface area contributed by atoms with Crippen molar-refractivity contribution in [2.45, 2.75) is 110 Å². The van der Waals surface area contributed by atoms with Crippen molar-refractivity contribution in [3.8, 4) is 0 Å². The summed E-state index contributed by atoms with van der Waals surface area (Å²) >= 11 is 0. The minimum Gasteiger partial charge on any atom is -0.444 e. The van der Waals surface area contributed by atoms with Gasteiger partial charge in [-0.1, -0.05) is 18.2 Å². The van der Waals surface area contributed by atoms with Gasteiger partial charge >= 0.3 is 6.09 Å². The summed E-state index contributed by atoms with van der Waals surface area (Å²) < 4.78 is 5.32. The van der Waals surface area contributed by atoms with Gasteiger partial charge in [0.15, 0.2) is 0 Å². The molecule has 9 heteroatoms. The van der Waals surface area contributed by atoms with Gasteiger partial charge in [-0.2, -0.15) is 0 Å². The molecule has 1 aromatic carbocycles. The maximum absolute atomic E-state index is 14.0. The molecule has 0 heterocycles. The van der Waals surface area contributed by atoms with Crippen LogP contribution in [0.3, 0.4) is 0 Å². The Morgan fingerprint density at radius 3 is 2.11 bits per heavy atom. The van der Waals surface area contributed by atoms with Gasteiger partial charge in [-0.25, -0.2) is 4.79 Å². The number of nitrogens with one attached hydrogen (secondary N) is 2. The highest BCUT2D eigenvalue weighted by molar-refractivity contribution is 5.95. The van der Waals surface area contributed by atoms with Crippen molar-refractivity contribution in [1.82, 2.24) is 15.5 Å². The average molecular weight is 503 g/mol. The van der Waals surface area contributed by atoms with Crippen molar-refractivity contribution in [3.63, 3.8) is 0 Å². The number of aryl methyl sites for hydroxylation is 2. The summed E-state index contributed by atoms with van der Waals surface area (Å²) in [6.45, 7) is 14.6. The predicted octanol–water partition coefficient (Wildman–Crippen LogP) is 3.41. The maximum atomic E-state index is 14.0. The Hall–Kier alpha value is -3.10. The SMILES string of the molecule is Cc1ccc(C(C(=O)NC(C)(C)C)N(C(=O)C(CC(N)=O)NC(=O)OC(C)(C)C)C2CCC2)cc1C. The maximum Gasteiger partial charge on any atom is 0.408 e. The molecule has 0 aliphatic heterocycles. The quantitative estimate of drug-likeness (QED) is 0.501. The lowest BCUT2D eigenvalue weighted by molar-refractivity contribution is -0.148. The standard InChI is InChI=1S/C27H42N4O5/c1-16-12-13-18(14-17(16)2)22(23(33)30-26(3,4)5)31(19-10-9-11-19)24(34)20(15-21(28)32)29-25(35)36-27(6,7)8/h12-14,19-20,22H,9-11,15H2,1-8H3,(H2,28,32)(H,29,35)(H,30,33). The number of nitrogens with two attached hydrogens (primary N) is 1. The number of primary amides is 1. The summed E-state index contributed by atoms with van der Waals surface area (Å²) in [5.74, 6) is -1.63. The fourth-order valence-electron chi connectivity index (χ4n) is 4.02. The Morgan fingerprint density at radius 2 is 1.67 bits per heavy atom. The van der Waals surface area contributed by atoms with Crippen LogP contribution in [0.1, 0.15) is 90.0 Å². The van der Waals surface area contributed by atoms with Gasteiger partial charge in [0, 0.05) is 11.6 Å². The van der Waals surface area contributed by atoms with Gasteiger partial charge in [-0.15, -0.1) is 0 Å². The second-order valence-corrected chi connectivity index (χ2v) is 11.7. The second kappa shape index (κ2) is 11.3. The van der Waals surface area contributed by atoms with E-state index in [0.717, 1.165) is 17.5 Å². The molecule has 36 heavy (non-hydrogen) atoms. The first-order valence-electron chi connectivity index (χ1n) is 12.5. The molecule has 1 fully saturated rings. The Balaban J connectivity index is 2.55. The van der Waals surface area contributed by atoms with Crippen molar-refractivity contribution in [2.24, 2.45) is 5.73 Å². The molecule has 200 valence electrons. The van der Waals surface area contributed by atoms with E-state index in [2.05, 4.69) is 10.6 Å². The molecule has 2 unspecified atom stereocenters. The highest BCUT2D eigenvalue weighted by atomic mass is 16.6. The normalized spacial score (nSPS) is 15.8. The Morgan fingerprint density at radius 1 is 1.06 bits per heavy atom. The highest BCUT2D eigenvalue weighted by Gasteiger charge is 2.43. The summed E-state index contributed by atoms with van der Waals surface area (Å²) in [6.07, 6.45) is 1.09. The van der Waals surface area contributed by atoms with E-state index in [0.29, 0.717) is 18.4 Å². The second-order valence-electron chi connectivity index (χ2n) is 11.7. The van der Waals surface area contributed by atoms with E-state index in [1.54, 1.807) is 20.8 Å². The molecule has 0 aromatic heterocycles. The fraction of sp³-hybridized carbons (Fsp3) is 0.630. The molecule has 1 aliphatic rings.